The van der Waals surface area contributed by atoms with Crippen molar-refractivity contribution in [3.8, 4) is 0 Å². The van der Waals surface area contributed by atoms with Gasteiger partial charge >= 0.3 is 0 Å². The molecular formula is C13H20N4O. The van der Waals surface area contributed by atoms with Crippen molar-refractivity contribution in [2.24, 2.45) is 0 Å². The van der Waals surface area contributed by atoms with E-state index < -0.39 is 0 Å². The average Bonchev–Trinajstić information content (AvgIpc) is 2.40. The minimum atomic E-state index is 0.0309. The molecule has 0 radical (unpaired) electrons. The van der Waals surface area contributed by atoms with Gasteiger partial charge in [-0.3, -0.25) is 14.7 Å². The second-order valence-electron chi connectivity index (χ2n) is 4.60. The van der Waals surface area contributed by atoms with E-state index in [1.54, 1.807) is 12.4 Å². The molecule has 1 aromatic rings. The molecule has 0 saturated carbocycles. The van der Waals surface area contributed by atoms with Crippen molar-refractivity contribution in [1.29, 1.82) is 0 Å². The molecule has 0 unspecified atom stereocenters. The molecule has 5 nitrogen and oxygen atoms in total. The van der Waals surface area contributed by atoms with Gasteiger partial charge < -0.3 is 10.6 Å². The minimum Gasteiger partial charge on any atom is -0.348 e. The van der Waals surface area contributed by atoms with E-state index in [1.165, 1.54) is 0 Å². The van der Waals surface area contributed by atoms with Gasteiger partial charge in [-0.2, -0.15) is 0 Å². The van der Waals surface area contributed by atoms with Gasteiger partial charge in [0.25, 0.3) is 0 Å². The fourth-order valence-electron chi connectivity index (χ4n) is 2.09. The Hall–Kier alpha value is -1.46. The molecule has 1 aliphatic heterocycles. The Morgan fingerprint density at radius 1 is 1.44 bits per heavy atom. The van der Waals surface area contributed by atoms with Crippen molar-refractivity contribution in [3.05, 3.63) is 30.1 Å². The molecular weight excluding hydrogens is 228 g/mol. The summed E-state index contributed by atoms with van der Waals surface area (Å²) in [5.41, 5.74) is 1.08. The van der Waals surface area contributed by atoms with Crippen LogP contribution in [0.15, 0.2) is 24.5 Å². The van der Waals surface area contributed by atoms with E-state index in [1.807, 2.05) is 19.1 Å². The standard InChI is InChI=1S/C13H20N4O/c1-11(12-2-4-14-5-3-12)16-13(18)10-17-8-6-15-7-9-17/h2-5,11,15H,6-10H2,1H3,(H,16,18)/t11-/m0/s1. The SMILES string of the molecule is C[C@H](NC(=O)CN1CCNCC1)c1ccncc1. The number of amides is 1. The van der Waals surface area contributed by atoms with Crippen LogP contribution in [0.25, 0.3) is 0 Å². The lowest BCUT2D eigenvalue weighted by Gasteiger charge is -2.27. The number of rotatable bonds is 4. The monoisotopic (exact) mass is 248 g/mol. The molecule has 0 bridgehead atoms. The summed E-state index contributed by atoms with van der Waals surface area (Å²) in [6, 6.07) is 3.88. The van der Waals surface area contributed by atoms with Crippen LogP contribution in [0.4, 0.5) is 0 Å². The lowest BCUT2D eigenvalue weighted by molar-refractivity contribution is -0.123. The van der Waals surface area contributed by atoms with E-state index in [4.69, 9.17) is 0 Å². The zero-order valence-corrected chi connectivity index (χ0v) is 10.7. The summed E-state index contributed by atoms with van der Waals surface area (Å²) >= 11 is 0. The van der Waals surface area contributed by atoms with E-state index in [0.717, 1.165) is 31.7 Å². The van der Waals surface area contributed by atoms with Gasteiger partial charge in [-0.1, -0.05) is 0 Å². The van der Waals surface area contributed by atoms with E-state index in [9.17, 15) is 4.79 Å². The average molecular weight is 248 g/mol. The predicted molar refractivity (Wildman–Crippen MR) is 70.1 cm³/mol. The molecule has 0 aromatic carbocycles. The summed E-state index contributed by atoms with van der Waals surface area (Å²) in [6.07, 6.45) is 3.49. The minimum absolute atomic E-state index is 0.0309. The Morgan fingerprint density at radius 2 is 2.11 bits per heavy atom. The quantitative estimate of drug-likeness (QED) is 0.797. The van der Waals surface area contributed by atoms with Crippen molar-refractivity contribution >= 4 is 5.91 Å². The number of carbonyl (C=O) groups is 1. The molecule has 2 N–H and O–H groups in total. The first-order valence-electron chi connectivity index (χ1n) is 6.38. The highest BCUT2D eigenvalue weighted by Gasteiger charge is 2.15. The summed E-state index contributed by atoms with van der Waals surface area (Å²) in [7, 11) is 0. The molecule has 2 rings (SSSR count). The molecule has 1 aromatic heterocycles. The fraction of sp³-hybridized carbons (Fsp3) is 0.538. The highest BCUT2D eigenvalue weighted by atomic mass is 16.2. The summed E-state index contributed by atoms with van der Waals surface area (Å²) in [5, 5.41) is 6.29. The van der Waals surface area contributed by atoms with Crippen molar-refractivity contribution in [2.75, 3.05) is 32.7 Å². The normalized spacial score (nSPS) is 18.3. The Balaban J connectivity index is 1.80. The third kappa shape index (κ3) is 3.78. The van der Waals surface area contributed by atoms with E-state index >= 15 is 0 Å². The highest BCUT2D eigenvalue weighted by Crippen LogP contribution is 2.09. The smallest absolute Gasteiger partial charge is 0.234 e. The first-order valence-corrected chi connectivity index (χ1v) is 6.38. The third-order valence-corrected chi connectivity index (χ3v) is 3.16. The van der Waals surface area contributed by atoms with Crippen LogP contribution in [0.3, 0.4) is 0 Å². The molecule has 0 aliphatic carbocycles. The predicted octanol–water partition coefficient (Wildman–Crippen LogP) is 0.164. The second-order valence-corrected chi connectivity index (χ2v) is 4.60. The maximum Gasteiger partial charge on any atom is 0.234 e. The third-order valence-electron chi connectivity index (χ3n) is 3.16. The van der Waals surface area contributed by atoms with Crippen LogP contribution in [-0.4, -0.2) is 48.5 Å². The lowest BCUT2D eigenvalue weighted by atomic mass is 10.1. The van der Waals surface area contributed by atoms with Crippen LogP contribution in [-0.2, 0) is 4.79 Å². The zero-order valence-electron chi connectivity index (χ0n) is 10.7. The van der Waals surface area contributed by atoms with Crippen molar-refractivity contribution < 1.29 is 4.79 Å². The number of nitrogens with one attached hydrogen (secondary N) is 2. The molecule has 1 aliphatic rings. The number of aromatic nitrogens is 1. The molecule has 1 atom stereocenters. The Morgan fingerprint density at radius 3 is 2.78 bits per heavy atom. The first kappa shape index (κ1) is 13.0. The van der Waals surface area contributed by atoms with Gasteiger partial charge in [0.15, 0.2) is 0 Å². The van der Waals surface area contributed by atoms with Crippen LogP contribution >= 0.6 is 0 Å². The number of carbonyl (C=O) groups excluding carboxylic acids is 1. The molecule has 0 spiro atoms. The molecule has 5 heteroatoms. The number of piperazine rings is 1. The number of nitrogens with zero attached hydrogens (tertiary/aromatic N) is 2. The molecule has 1 fully saturated rings. The van der Waals surface area contributed by atoms with Gasteiger partial charge in [0.1, 0.15) is 0 Å². The van der Waals surface area contributed by atoms with E-state index in [2.05, 4.69) is 20.5 Å². The van der Waals surface area contributed by atoms with Gasteiger partial charge in [0, 0.05) is 38.6 Å². The molecule has 2 heterocycles. The summed E-state index contributed by atoms with van der Waals surface area (Å²) < 4.78 is 0. The van der Waals surface area contributed by atoms with Gasteiger partial charge in [0.05, 0.1) is 12.6 Å². The maximum atomic E-state index is 11.9. The summed E-state index contributed by atoms with van der Waals surface area (Å²) in [6.45, 7) is 6.29. The zero-order chi connectivity index (χ0) is 12.8. The Labute approximate surface area is 108 Å². The largest absolute Gasteiger partial charge is 0.348 e. The van der Waals surface area contributed by atoms with Crippen LogP contribution in [0.2, 0.25) is 0 Å². The Kier molecular flexibility index (Phi) is 4.66. The van der Waals surface area contributed by atoms with Crippen molar-refractivity contribution in [2.45, 2.75) is 13.0 Å². The molecule has 1 saturated heterocycles. The van der Waals surface area contributed by atoms with E-state index in [-0.39, 0.29) is 11.9 Å². The first-order chi connectivity index (χ1) is 8.75. The maximum absolute atomic E-state index is 11.9. The number of hydrogen-bond acceptors (Lipinski definition) is 4. The molecule has 98 valence electrons. The van der Waals surface area contributed by atoms with Crippen molar-refractivity contribution in [3.63, 3.8) is 0 Å². The van der Waals surface area contributed by atoms with Crippen LogP contribution in [0.5, 0.6) is 0 Å². The second kappa shape index (κ2) is 6.47. The summed E-state index contributed by atoms with van der Waals surface area (Å²) in [4.78, 5) is 18.1. The van der Waals surface area contributed by atoms with Crippen LogP contribution < -0.4 is 10.6 Å². The van der Waals surface area contributed by atoms with Gasteiger partial charge in [0.2, 0.25) is 5.91 Å². The fourth-order valence-corrected chi connectivity index (χ4v) is 2.09. The topological polar surface area (TPSA) is 57.3 Å². The highest BCUT2D eigenvalue weighted by molar-refractivity contribution is 5.78. The molecule has 1 amide bonds. The number of pyridine rings is 1. The molecule has 18 heavy (non-hydrogen) atoms. The van der Waals surface area contributed by atoms with Gasteiger partial charge in [-0.15, -0.1) is 0 Å². The van der Waals surface area contributed by atoms with E-state index in [0.29, 0.717) is 6.54 Å². The van der Waals surface area contributed by atoms with Crippen LogP contribution in [0, 0.1) is 0 Å². The van der Waals surface area contributed by atoms with Gasteiger partial charge in [-0.25, -0.2) is 0 Å². The van der Waals surface area contributed by atoms with Crippen LogP contribution in [0.1, 0.15) is 18.5 Å². The summed E-state index contributed by atoms with van der Waals surface area (Å²) in [5.74, 6) is 0.0845. The number of hydrogen-bond donors (Lipinski definition) is 2. The van der Waals surface area contributed by atoms with Gasteiger partial charge in [-0.05, 0) is 24.6 Å². The lowest BCUT2D eigenvalue weighted by Crippen LogP contribution is -2.47. The van der Waals surface area contributed by atoms with Crippen molar-refractivity contribution in [1.82, 2.24) is 20.5 Å². The Bertz CT molecular complexity index is 376.